The zero-order chi connectivity index (χ0) is 54.8. The van der Waals surface area contributed by atoms with Crippen LogP contribution in [0.3, 0.4) is 0 Å². The molecule has 4 heterocycles. The SMILES string of the molecule is CCc1c2c(nc3ccc(OCCCNC(=O)OCCSSCCNCC(=O)CCOCCOCCOCCOCCOCCOCCOCCOCCOCCNC)cc13)-c1cc3c(c(=O)n1C2)COC(=O)[C@]3(O)CC. The number of amides is 1. The molecule has 0 radical (unpaired) electrons. The lowest BCUT2D eigenvalue weighted by Gasteiger charge is -2.31. The molecule has 0 saturated heterocycles. The Balaban J connectivity index is 0.756. The number of Topliss-reactive ketones (excluding diaryl/α,β-unsaturated/α-hetero) is 1. The summed E-state index contributed by atoms with van der Waals surface area (Å²) in [7, 11) is 5.13. The van der Waals surface area contributed by atoms with Gasteiger partial charge in [0.1, 0.15) is 24.7 Å². The monoisotopic (exact) mass is 1120 g/mol. The average molecular weight is 1120 g/mol. The zero-order valence-electron chi connectivity index (χ0n) is 45.1. The second-order valence-electron chi connectivity index (χ2n) is 17.5. The molecule has 1 aromatic carbocycles. The summed E-state index contributed by atoms with van der Waals surface area (Å²) in [4.78, 5) is 55.6. The summed E-state index contributed by atoms with van der Waals surface area (Å²) in [6.07, 6.45) is 1.17. The predicted octanol–water partition coefficient (Wildman–Crippen LogP) is 3.44. The number of hydrogen-bond donors (Lipinski definition) is 4. The van der Waals surface area contributed by atoms with Crippen LogP contribution in [-0.4, -0.2) is 209 Å². The van der Waals surface area contributed by atoms with Crippen molar-refractivity contribution in [1.82, 2.24) is 25.5 Å². The molecule has 2 aliphatic rings. The van der Waals surface area contributed by atoms with Crippen molar-refractivity contribution < 1.29 is 76.3 Å². The normalized spacial score (nSPS) is 14.6. The Morgan fingerprint density at radius 2 is 1.30 bits per heavy atom. The summed E-state index contributed by atoms with van der Waals surface area (Å²) in [6.45, 7) is 15.5. The fraction of sp³-hybridized carbons (Fsp3) is 0.679. The smallest absolute Gasteiger partial charge is 0.407 e. The number of rotatable bonds is 46. The van der Waals surface area contributed by atoms with E-state index in [1.54, 1.807) is 39.1 Å². The predicted molar refractivity (Wildman–Crippen MR) is 292 cm³/mol. The van der Waals surface area contributed by atoms with E-state index in [1.807, 2.05) is 25.2 Å². The van der Waals surface area contributed by atoms with E-state index in [9.17, 15) is 24.3 Å². The molecule has 1 amide bonds. The Kier molecular flexibility index (Phi) is 31.3. The Bertz CT molecular complexity index is 2280. The number of nitrogens with one attached hydrogen (secondary N) is 3. The minimum atomic E-state index is -1.88. The van der Waals surface area contributed by atoms with E-state index in [2.05, 4.69) is 22.9 Å². The number of ether oxygens (including phenoxy) is 12. The van der Waals surface area contributed by atoms with Crippen molar-refractivity contribution in [3.8, 4) is 17.1 Å². The standard InChI is InChI=1S/C53H81N5O17S2/c1-4-42-43-35-41(7-8-47(43)57-49-44(42)38-58-48(49)36-46-45(50(58)60)39-75-51(61)53(46,63)5-2)73-13-6-10-56-52(62)74-32-34-77-76-33-12-55-37-40(59)9-14-64-16-18-66-20-22-68-24-26-70-28-30-72-31-29-71-27-25-69-23-21-67-19-17-65-15-11-54-3/h7-8,35-36,54-55,63H,4-6,9-34,37-39H2,1-3H3,(H,56,62)/t53-/m0/s1. The lowest BCUT2D eigenvalue weighted by atomic mass is 9.86. The maximum atomic E-state index is 13.6. The summed E-state index contributed by atoms with van der Waals surface area (Å²) in [5.74, 6) is 1.42. The maximum absolute atomic E-state index is 13.6. The second kappa shape index (κ2) is 37.8. The number of nitrogens with zero attached hydrogens (tertiary/aromatic N) is 2. The molecule has 0 bridgehead atoms. The first-order chi connectivity index (χ1) is 37.7. The average Bonchev–Trinajstić information content (AvgIpc) is 3.85. The maximum Gasteiger partial charge on any atom is 0.407 e. The first-order valence-electron chi connectivity index (χ1n) is 26.7. The van der Waals surface area contributed by atoms with E-state index < -0.39 is 17.7 Å². The summed E-state index contributed by atoms with van der Waals surface area (Å²) in [5.41, 5.74) is 2.35. The largest absolute Gasteiger partial charge is 0.494 e. The molecule has 3 aromatic rings. The Hall–Kier alpha value is -3.99. The van der Waals surface area contributed by atoms with Gasteiger partial charge in [-0.3, -0.25) is 9.59 Å². The molecule has 2 aromatic heterocycles. The number of cyclic esters (lactones) is 1. The van der Waals surface area contributed by atoms with Crippen molar-refractivity contribution in [1.29, 1.82) is 0 Å². The molecule has 0 saturated carbocycles. The number of carbonyl (C=O) groups is 3. The van der Waals surface area contributed by atoms with Gasteiger partial charge >= 0.3 is 12.1 Å². The summed E-state index contributed by atoms with van der Waals surface area (Å²) in [5, 5.41) is 21.1. The molecule has 22 nitrogen and oxygen atoms in total. The van der Waals surface area contributed by atoms with Crippen LogP contribution in [0.2, 0.25) is 0 Å². The molecule has 1 atom stereocenters. The number of alkyl carbamates (subject to hydrolysis) is 1. The van der Waals surface area contributed by atoms with E-state index in [4.69, 9.17) is 61.8 Å². The molecule has 5 rings (SSSR count). The number of aromatic nitrogens is 2. The topological polar surface area (TPSA) is 253 Å². The molecule has 2 aliphatic heterocycles. The minimum Gasteiger partial charge on any atom is -0.494 e. The third-order valence-electron chi connectivity index (χ3n) is 12.2. The lowest BCUT2D eigenvalue weighted by molar-refractivity contribution is -0.172. The summed E-state index contributed by atoms with van der Waals surface area (Å²) < 4.78 is 67.5. The molecule has 0 spiro atoms. The number of carbonyl (C=O) groups excluding carboxylic acids is 3. The van der Waals surface area contributed by atoms with Gasteiger partial charge in [-0.2, -0.15) is 0 Å². The van der Waals surface area contributed by atoms with Gasteiger partial charge in [0, 0.05) is 54.1 Å². The quantitative estimate of drug-likeness (QED) is 0.0281. The van der Waals surface area contributed by atoms with Gasteiger partial charge in [0.25, 0.3) is 5.56 Å². The summed E-state index contributed by atoms with van der Waals surface area (Å²) in [6, 6.07) is 7.40. The Morgan fingerprint density at radius 3 is 1.88 bits per heavy atom. The van der Waals surface area contributed by atoms with Crippen molar-refractivity contribution >= 4 is 50.3 Å². The molecule has 24 heteroatoms. The zero-order valence-corrected chi connectivity index (χ0v) is 46.8. The summed E-state index contributed by atoms with van der Waals surface area (Å²) >= 11 is 0. The van der Waals surface area contributed by atoms with Crippen LogP contribution < -0.4 is 26.2 Å². The molecule has 77 heavy (non-hydrogen) atoms. The number of aryl methyl sites for hydroxylation is 1. The number of hydrogen-bond acceptors (Lipinski definition) is 22. The molecule has 0 aliphatic carbocycles. The van der Waals surface area contributed by atoms with Crippen LogP contribution in [0.25, 0.3) is 22.3 Å². The highest BCUT2D eigenvalue weighted by Crippen LogP contribution is 2.41. The van der Waals surface area contributed by atoms with Crippen LogP contribution in [0.1, 0.15) is 55.4 Å². The number of pyridine rings is 2. The molecular weight excluding hydrogens is 1040 g/mol. The molecular formula is C53H81N5O17S2. The first kappa shape index (κ1) is 63.8. The van der Waals surface area contributed by atoms with Gasteiger partial charge in [0.15, 0.2) is 5.60 Å². The van der Waals surface area contributed by atoms with Gasteiger partial charge in [-0.05, 0) is 56.1 Å². The van der Waals surface area contributed by atoms with Crippen LogP contribution >= 0.6 is 21.6 Å². The highest BCUT2D eigenvalue weighted by molar-refractivity contribution is 8.76. The van der Waals surface area contributed by atoms with E-state index in [0.717, 1.165) is 34.3 Å². The molecule has 432 valence electrons. The van der Waals surface area contributed by atoms with E-state index in [1.165, 1.54) is 0 Å². The minimum absolute atomic E-state index is 0.0780. The number of benzene rings is 1. The van der Waals surface area contributed by atoms with Crippen LogP contribution in [0.15, 0.2) is 29.1 Å². The Morgan fingerprint density at radius 1 is 0.714 bits per heavy atom. The first-order valence-corrected chi connectivity index (χ1v) is 29.2. The van der Waals surface area contributed by atoms with Gasteiger partial charge < -0.3 is 82.5 Å². The van der Waals surface area contributed by atoms with Gasteiger partial charge in [0.05, 0.1) is 161 Å². The van der Waals surface area contributed by atoms with Gasteiger partial charge in [-0.1, -0.05) is 35.4 Å². The Labute approximate surface area is 459 Å². The van der Waals surface area contributed by atoms with Crippen LogP contribution in [0.5, 0.6) is 5.75 Å². The van der Waals surface area contributed by atoms with Crippen LogP contribution in [-0.2, 0) is 86.9 Å². The van der Waals surface area contributed by atoms with E-state index in [0.29, 0.717) is 187 Å². The third-order valence-corrected chi connectivity index (χ3v) is 14.5. The number of fused-ring (bicyclic) bond motifs is 5. The second-order valence-corrected chi connectivity index (χ2v) is 20.2. The fourth-order valence-corrected chi connectivity index (χ4v) is 9.85. The third kappa shape index (κ3) is 22.2. The van der Waals surface area contributed by atoms with Crippen LogP contribution in [0, 0.1) is 0 Å². The molecule has 4 N–H and O–H groups in total. The number of aliphatic hydroxyl groups is 1. The number of ketones is 1. The molecule has 0 fully saturated rings. The fourth-order valence-electron chi connectivity index (χ4n) is 8.08. The van der Waals surface area contributed by atoms with Gasteiger partial charge in [0.2, 0.25) is 0 Å². The molecule has 0 unspecified atom stereocenters. The highest BCUT2D eigenvalue weighted by Gasteiger charge is 2.45. The van der Waals surface area contributed by atoms with Crippen molar-refractivity contribution in [2.45, 2.75) is 58.3 Å². The number of esters is 1. The van der Waals surface area contributed by atoms with Gasteiger partial charge in [-0.25, -0.2) is 14.6 Å². The highest BCUT2D eigenvalue weighted by atomic mass is 33.1. The van der Waals surface area contributed by atoms with Crippen LogP contribution in [0.4, 0.5) is 4.79 Å². The van der Waals surface area contributed by atoms with Gasteiger partial charge in [-0.15, -0.1) is 0 Å². The van der Waals surface area contributed by atoms with Crippen molar-refractivity contribution in [3.05, 3.63) is 56.9 Å². The van der Waals surface area contributed by atoms with Crippen molar-refractivity contribution in [2.24, 2.45) is 0 Å². The lowest BCUT2D eigenvalue weighted by Crippen LogP contribution is -2.44. The van der Waals surface area contributed by atoms with E-state index in [-0.39, 0.29) is 48.6 Å². The van der Waals surface area contributed by atoms with Crippen molar-refractivity contribution in [3.63, 3.8) is 0 Å². The van der Waals surface area contributed by atoms with Crippen molar-refractivity contribution in [2.75, 3.05) is 177 Å². The van der Waals surface area contributed by atoms with E-state index >= 15 is 0 Å². The number of likely N-dealkylation sites (N-methyl/N-ethyl adjacent to an activating group) is 1.